The average molecular weight is 332 g/mol. The zero-order valence-electron chi connectivity index (χ0n) is 11.2. The maximum atomic E-state index is 12.4. The fourth-order valence-corrected chi connectivity index (χ4v) is 3.06. The van der Waals surface area contributed by atoms with Crippen LogP contribution in [0.5, 0.6) is 0 Å². The summed E-state index contributed by atoms with van der Waals surface area (Å²) in [6.07, 6.45) is 1.42. The van der Waals surface area contributed by atoms with E-state index >= 15 is 0 Å². The number of amides is 1. The van der Waals surface area contributed by atoms with E-state index in [2.05, 4.69) is 0 Å². The number of likely N-dealkylation sites (tertiary alicyclic amines) is 1. The van der Waals surface area contributed by atoms with Crippen LogP contribution in [0.1, 0.15) is 16.8 Å². The Labute approximate surface area is 127 Å². The molecule has 1 aliphatic rings. The van der Waals surface area contributed by atoms with Gasteiger partial charge < -0.3 is 10.0 Å². The minimum atomic E-state index is -3.45. The molecule has 1 saturated heterocycles. The van der Waals surface area contributed by atoms with Gasteiger partial charge in [0, 0.05) is 19.3 Å². The molecule has 0 aromatic heterocycles. The Kier molecular flexibility index (Phi) is 4.25. The highest BCUT2D eigenvalue weighted by Gasteiger charge is 2.32. The predicted molar refractivity (Wildman–Crippen MR) is 76.2 cm³/mol. The van der Waals surface area contributed by atoms with Crippen LogP contribution in [0.25, 0.3) is 0 Å². The van der Waals surface area contributed by atoms with Gasteiger partial charge in [0.1, 0.15) is 0 Å². The molecule has 0 spiro atoms. The van der Waals surface area contributed by atoms with Crippen molar-refractivity contribution in [3.63, 3.8) is 0 Å². The van der Waals surface area contributed by atoms with Crippen molar-refractivity contribution < 1.29 is 23.1 Å². The Bertz CT molecular complexity index is 701. The highest BCUT2D eigenvalue weighted by molar-refractivity contribution is 7.90. The number of hydrogen-bond acceptors (Lipinski definition) is 4. The lowest BCUT2D eigenvalue weighted by atomic mass is 10.1. The van der Waals surface area contributed by atoms with Crippen LogP contribution in [-0.2, 0) is 14.6 Å². The van der Waals surface area contributed by atoms with E-state index in [1.165, 1.54) is 23.1 Å². The smallest absolute Gasteiger partial charge is 0.308 e. The van der Waals surface area contributed by atoms with Gasteiger partial charge in [0.15, 0.2) is 9.84 Å². The van der Waals surface area contributed by atoms with Gasteiger partial charge in [-0.3, -0.25) is 9.59 Å². The summed E-state index contributed by atoms with van der Waals surface area (Å²) in [5.74, 6) is -1.98. The van der Waals surface area contributed by atoms with Gasteiger partial charge in [0.25, 0.3) is 5.91 Å². The van der Waals surface area contributed by atoms with Crippen molar-refractivity contribution in [2.45, 2.75) is 11.3 Å². The van der Waals surface area contributed by atoms with Crippen molar-refractivity contribution in [2.75, 3.05) is 19.3 Å². The Balaban J connectivity index is 2.30. The number of carbonyl (C=O) groups excluding carboxylic acids is 1. The minimum Gasteiger partial charge on any atom is -0.481 e. The first-order chi connectivity index (χ1) is 9.70. The lowest BCUT2D eigenvalue weighted by molar-refractivity contribution is -0.141. The molecule has 6 nitrogen and oxygen atoms in total. The zero-order chi connectivity index (χ0) is 15.8. The van der Waals surface area contributed by atoms with E-state index in [-0.39, 0.29) is 22.0 Å². The lowest BCUT2D eigenvalue weighted by Crippen LogP contribution is -2.30. The van der Waals surface area contributed by atoms with Crippen LogP contribution in [0.3, 0.4) is 0 Å². The number of benzene rings is 1. The van der Waals surface area contributed by atoms with Crippen molar-refractivity contribution in [2.24, 2.45) is 5.92 Å². The monoisotopic (exact) mass is 331 g/mol. The first-order valence-electron chi connectivity index (χ1n) is 6.22. The molecule has 1 aliphatic heterocycles. The summed E-state index contributed by atoms with van der Waals surface area (Å²) in [5.41, 5.74) is 0.0747. The third kappa shape index (κ3) is 3.36. The molecule has 1 amide bonds. The van der Waals surface area contributed by atoms with Crippen molar-refractivity contribution in [1.82, 2.24) is 4.90 Å². The van der Waals surface area contributed by atoms with Gasteiger partial charge in [-0.25, -0.2) is 8.42 Å². The Morgan fingerprint density at radius 2 is 2.05 bits per heavy atom. The second-order valence-corrected chi connectivity index (χ2v) is 7.41. The zero-order valence-corrected chi connectivity index (χ0v) is 12.8. The first-order valence-corrected chi connectivity index (χ1v) is 8.49. The third-order valence-electron chi connectivity index (χ3n) is 3.42. The highest BCUT2D eigenvalue weighted by atomic mass is 35.5. The molecule has 0 saturated carbocycles. The molecule has 2 rings (SSSR count). The highest BCUT2D eigenvalue weighted by Crippen LogP contribution is 2.25. The second-order valence-electron chi connectivity index (χ2n) is 4.99. The quantitative estimate of drug-likeness (QED) is 0.901. The van der Waals surface area contributed by atoms with Gasteiger partial charge in [0.05, 0.1) is 21.4 Å². The molecule has 0 radical (unpaired) electrons. The fraction of sp³-hybridized carbons (Fsp3) is 0.385. The summed E-state index contributed by atoms with van der Waals surface area (Å²) >= 11 is 5.96. The number of carbonyl (C=O) groups is 2. The van der Waals surface area contributed by atoms with Gasteiger partial charge >= 0.3 is 5.97 Å². The van der Waals surface area contributed by atoms with Crippen molar-refractivity contribution in [1.29, 1.82) is 0 Å². The number of carboxylic acids is 1. The van der Waals surface area contributed by atoms with Crippen LogP contribution in [-0.4, -0.2) is 49.6 Å². The number of sulfone groups is 1. The number of hydrogen-bond donors (Lipinski definition) is 1. The average Bonchev–Trinajstić information content (AvgIpc) is 2.86. The summed E-state index contributed by atoms with van der Waals surface area (Å²) in [4.78, 5) is 24.7. The molecule has 8 heteroatoms. The standard InChI is InChI=1S/C13H14ClNO5S/c1-21(19,20)9-2-3-11(14)10(6-9)12(16)15-5-4-8(7-15)13(17)18/h2-3,6,8H,4-5,7H2,1H3,(H,17,18)/t8-/m1/s1. The summed E-state index contributed by atoms with van der Waals surface area (Å²) in [5, 5.41) is 9.09. The molecule has 0 bridgehead atoms. The van der Waals surface area contributed by atoms with Gasteiger partial charge in [0.2, 0.25) is 0 Å². The second kappa shape index (κ2) is 5.65. The number of carboxylic acid groups (broad SMARTS) is 1. The van der Waals surface area contributed by atoms with E-state index in [1.54, 1.807) is 0 Å². The summed E-state index contributed by atoms with van der Waals surface area (Å²) < 4.78 is 23.1. The predicted octanol–water partition coefficient (Wildman–Crippen LogP) is 1.29. The molecule has 1 N–H and O–H groups in total. The van der Waals surface area contributed by atoms with Crippen molar-refractivity contribution >= 4 is 33.3 Å². The molecule has 1 atom stereocenters. The first kappa shape index (κ1) is 15.8. The SMILES string of the molecule is CS(=O)(=O)c1ccc(Cl)c(C(=O)N2CC[C@@H](C(=O)O)C2)c1. The largest absolute Gasteiger partial charge is 0.481 e. The van der Waals surface area contributed by atoms with E-state index in [0.29, 0.717) is 13.0 Å². The fourth-order valence-electron chi connectivity index (χ4n) is 2.22. The molecule has 114 valence electrons. The number of aliphatic carboxylic acids is 1. The third-order valence-corrected chi connectivity index (χ3v) is 4.86. The molecule has 1 aromatic carbocycles. The molecule has 1 heterocycles. The molecule has 1 aromatic rings. The van der Waals surface area contributed by atoms with Crippen LogP contribution in [0, 0.1) is 5.92 Å². The van der Waals surface area contributed by atoms with Crippen molar-refractivity contribution in [3.05, 3.63) is 28.8 Å². The molecular weight excluding hydrogens is 318 g/mol. The molecule has 21 heavy (non-hydrogen) atoms. The summed E-state index contributed by atoms with van der Waals surface area (Å²) in [6.45, 7) is 0.419. The number of halogens is 1. The number of rotatable bonds is 3. The van der Waals surface area contributed by atoms with Crippen LogP contribution in [0.2, 0.25) is 5.02 Å². The maximum Gasteiger partial charge on any atom is 0.308 e. The molecule has 1 fully saturated rings. The Morgan fingerprint density at radius 3 is 2.57 bits per heavy atom. The van der Waals surface area contributed by atoms with E-state index in [4.69, 9.17) is 16.7 Å². The lowest BCUT2D eigenvalue weighted by Gasteiger charge is -2.17. The number of nitrogens with zero attached hydrogens (tertiary/aromatic N) is 1. The Hall–Kier alpha value is -1.60. The summed E-state index contributed by atoms with van der Waals surface area (Å²) in [6, 6.07) is 3.92. The summed E-state index contributed by atoms with van der Waals surface area (Å²) in [7, 11) is -3.45. The van der Waals surface area contributed by atoms with Crippen LogP contribution in [0.4, 0.5) is 0 Å². The van der Waals surface area contributed by atoms with Crippen LogP contribution < -0.4 is 0 Å². The van der Waals surface area contributed by atoms with Gasteiger partial charge in [-0.15, -0.1) is 0 Å². The van der Waals surface area contributed by atoms with Crippen LogP contribution >= 0.6 is 11.6 Å². The van der Waals surface area contributed by atoms with E-state index in [9.17, 15) is 18.0 Å². The van der Waals surface area contributed by atoms with E-state index < -0.39 is 27.6 Å². The maximum absolute atomic E-state index is 12.4. The van der Waals surface area contributed by atoms with Crippen molar-refractivity contribution in [3.8, 4) is 0 Å². The van der Waals surface area contributed by atoms with Crippen LogP contribution in [0.15, 0.2) is 23.1 Å². The Morgan fingerprint density at radius 1 is 1.38 bits per heavy atom. The van der Waals surface area contributed by atoms with Gasteiger partial charge in [-0.2, -0.15) is 0 Å². The van der Waals surface area contributed by atoms with Gasteiger partial charge in [-0.1, -0.05) is 11.6 Å². The topological polar surface area (TPSA) is 91.8 Å². The molecular formula is C13H14ClNO5S. The molecule has 0 aliphatic carbocycles. The van der Waals surface area contributed by atoms with Gasteiger partial charge in [-0.05, 0) is 24.6 Å². The molecule has 0 unspecified atom stereocenters. The van der Waals surface area contributed by atoms with E-state index in [1.807, 2.05) is 0 Å². The van der Waals surface area contributed by atoms with E-state index in [0.717, 1.165) is 6.26 Å². The normalized spacial score (nSPS) is 18.8. The minimum absolute atomic E-state index is 0.00392.